The smallest absolute Gasteiger partial charge is 0.254 e. The zero-order valence-electron chi connectivity index (χ0n) is 9.68. The molecule has 2 nitrogen and oxygen atoms in total. The minimum atomic E-state index is 0.0943. The van der Waals surface area contributed by atoms with E-state index in [4.69, 9.17) is 0 Å². The predicted molar refractivity (Wildman–Crippen MR) is 67.7 cm³/mol. The summed E-state index contributed by atoms with van der Waals surface area (Å²) in [6.07, 6.45) is 0. The summed E-state index contributed by atoms with van der Waals surface area (Å²) in [5.41, 5.74) is 4.20. The molecule has 0 N–H and O–H groups in total. The Bertz CT molecular complexity index is 589. The number of hydrogen-bond acceptors (Lipinski definition) is 1. The highest BCUT2D eigenvalue weighted by molar-refractivity contribution is 6.02. The summed E-state index contributed by atoms with van der Waals surface area (Å²) in [7, 11) is 1.85. The number of carbonyl (C=O) groups is 1. The van der Waals surface area contributed by atoms with Crippen molar-refractivity contribution in [1.29, 1.82) is 0 Å². The molecule has 0 atom stereocenters. The predicted octanol–water partition coefficient (Wildman–Crippen LogP) is 2.94. The van der Waals surface area contributed by atoms with Crippen LogP contribution in [0.25, 0.3) is 11.1 Å². The molecule has 1 aliphatic rings. The van der Waals surface area contributed by atoms with Gasteiger partial charge in [0.2, 0.25) is 0 Å². The summed E-state index contributed by atoms with van der Waals surface area (Å²) in [4.78, 5) is 14.0. The summed E-state index contributed by atoms with van der Waals surface area (Å²) >= 11 is 0. The van der Waals surface area contributed by atoms with Gasteiger partial charge in [-0.15, -0.1) is 0 Å². The van der Waals surface area contributed by atoms with Crippen molar-refractivity contribution in [1.82, 2.24) is 4.90 Å². The van der Waals surface area contributed by atoms with Crippen LogP contribution in [0.4, 0.5) is 0 Å². The van der Waals surface area contributed by atoms with E-state index >= 15 is 0 Å². The van der Waals surface area contributed by atoms with Crippen LogP contribution in [0.15, 0.2) is 48.5 Å². The van der Waals surface area contributed by atoms with Crippen LogP contribution in [0.3, 0.4) is 0 Å². The van der Waals surface area contributed by atoms with Crippen LogP contribution in [0.1, 0.15) is 15.9 Å². The standard InChI is InChI=1S/C15H13NO/c1-16-10-11-6-2-3-7-12(11)13-8-4-5-9-14(13)15(16)17/h2-9H,10H2,1H3. The first kappa shape index (κ1) is 10.1. The van der Waals surface area contributed by atoms with Gasteiger partial charge in [-0.1, -0.05) is 42.5 Å². The van der Waals surface area contributed by atoms with Gasteiger partial charge in [-0.2, -0.15) is 0 Å². The molecule has 84 valence electrons. The Morgan fingerprint density at radius 1 is 0.882 bits per heavy atom. The minimum Gasteiger partial charge on any atom is -0.337 e. The molecule has 0 radical (unpaired) electrons. The Morgan fingerprint density at radius 3 is 2.24 bits per heavy atom. The average Bonchev–Trinajstić information content (AvgIpc) is 2.48. The van der Waals surface area contributed by atoms with Crippen LogP contribution in [0.2, 0.25) is 0 Å². The first-order valence-electron chi connectivity index (χ1n) is 5.70. The monoisotopic (exact) mass is 223 g/mol. The molecule has 0 bridgehead atoms. The summed E-state index contributed by atoms with van der Waals surface area (Å²) in [5.74, 6) is 0.0943. The zero-order valence-corrected chi connectivity index (χ0v) is 9.68. The van der Waals surface area contributed by atoms with Gasteiger partial charge in [-0.3, -0.25) is 4.79 Å². The third-order valence-electron chi connectivity index (χ3n) is 3.22. The van der Waals surface area contributed by atoms with Crippen molar-refractivity contribution >= 4 is 5.91 Å². The fraction of sp³-hybridized carbons (Fsp3) is 0.133. The fourth-order valence-electron chi connectivity index (χ4n) is 2.36. The van der Waals surface area contributed by atoms with Crippen LogP contribution < -0.4 is 0 Å². The highest BCUT2D eigenvalue weighted by atomic mass is 16.2. The van der Waals surface area contributed by atoms with E-state index < -0.39 is 0 Å². The van der Waals surface area contributed by atoms with Crippen molar-refractivity contribution in [3.63, 3.8) is 0 Å². The number of hydrogen-bond donors (Lipinski definition) is 0. The number of rotatable bonds is 0. The van der Waals surface area contributed by atoms with E-state index in [1.807, 2.05) is 43.4 Å². The Hall–Kier alpha value is -2.09. The van der Waals surface area contributed by atoms with Crippen LogP contribution in [-0.2, 0) is 6.54 Å². The Balaban J connectivity index is 2.33. The van der Waals surface area contributed by atoms with Crippen LogP contribution >= 0.6 is 0 Å². The molecule has 1 heterocycles. The summed E-state index contributed by atoms with van der Waals surface area (Å²) < 4.78 is 0. The van der Waals surface area contributed by atoms with Crippen molar-refractivity contribution in [3.8, 4) is 11.1 Å². The molecule has 0 aliphatic carbocycles. The van der Waals surface area contributed by atoms with E-state index in [1.54, 1.807) is 4.90 Å². The van der Waals surface area contributed by atoms with Crippen molar-refractivity contribution in [2.24, 2.45) is 0 Å². The molecule has 1 aliphatic heterocycles. The average molecular weight is 223 g/mol. The second-order valence-corrected chi connectivity index (χ2v) is 4.36. The second-order valence-electron chi connectivity index (χ2n) is 4.36. The second kappa shape index (κ2) is 3.74. The lowest BCUT2D eigenvalue weighted by molar-refractivity contribution is 0.0788. The number of carbonyl (C=O) groups excluding carboxylic acids is 1. The Kier molecular flexibility index (Phi) is 2.22. The highest BCUT2D eigenvalue weighted by Crippen LogP contribution is 2.31. The first-order chi connectivity index (χ1) is 8.27. The molecular weight excluding hydrogens is 210 g/mol. The normalized spacial score (nSPS) is 13.9. The third-order valence-corrected chi connectivity index (χ3v) is 3.22. The number of amides is 1. The maximum atomic E-state index is 12.2. The number of benzene rings is 2. The number of nitrogens with zero attached hydrogens (tertiary/aromatic N) is 1. The molecule has 2 aromatic rings. The Morgan fingerprint density at radius 2 is 1.47 bits per heavy atom. The molecule has 0 fully saturated rings. The van der Waals surface area contributed by atoms with E-state index in [0.717, 1.165) is 11.1 Å². The zero-order chi connectivity index (χ0) is 11.8. The van der Waals surface area contributed by atoms with Crippen molar-refractivity contribution < 1.29 is 4.79 Å². The van der Waals surface area contributed by atoms with Crippen molar-refractivity contribution in [2.45, 2.75) is 6.54 Å². The van der Waals surface area contributed by atoms with Gasteiger partial charge in [-0.25, -0.2) is 0 Å². The van der Waals surface area contributed by atoms with E-state index in [1.165, 1.54) is 11.1 Å². The van der Waals surface area contributed by atoms with Crippen LogP contribution in [0.5, 0.6) is 0 Å². The van der Waals surface area contributed by atoms with E-state index in [-0.39, 0.29) is 5.91 Å². The molecule has 17 heavy (non-hydrogen) atoms. The van der Waals surface area contributed by atoms with Crippen LogP contribution in [0, 0.1) is 0 Å². The molecule has 0 unspecified atom stereocenters. The van der Waals surface area contributed by atoms with Gasteiger partial charge in [0.1, 0.15) is 0 Å². The van der Waals surface area contributed by atoms with Crippen molar-refractivity contribution in [3.05, 3.63) is 59.7 Å². The van der Waals surface area contributed by atoms with Gasteiger partial charge in [-0.05, 0) is 22.8 Å². The summed E-state index contributed by atoms with van der Waals surface area (Å²) in [5, 5.41) is 0. The Labute approximate surface area is 100 Å². The molecule has 2 heteroatoms. The first-order valence-corrected chi connectivity index (χ1v) is 5.70. The topological polar surface area (TPSA) is 20.3 Å². The van der Waals surface area contributed by atoms with Gasteiger partial charge < -0.3 is 4.90 Å². The SMILES string of the molecule is CN1Cc2ccccc2-c2ccccc2C1=O. The van der Waals surface area contributed by atoms with Gasteiger partial charge in [0.05, 0.1) is 0 Å². The molecular formula is C15H13NO. The summed E-state index contributed by atoms with van der Waals surface area (Å²) in [6, 6.07) is 16.0. The maximum Gasteiger partial charge on any atom is 0.254 e. The molecule has 0 spiro atoms. The van der Waals surface area contributed by atoms with E-state index in [2.05, 4.69) is 12.1 Å². The molecule has 0 saturated heterocycles. The lowest BCUT2D eigenvalue weighted by atomic mass is 9.97. The highest BCUT2D eigenvalue weighted by Gasteiger charge is 2.22. The summed E-state index contributed by atoms with van der Waals surface area (Å²) in [6.45, 7) is 0.670. The van der Waals surface area contributed by atoms with Gasteiger partial charge in [0.15, 0.2) is 0 Å². The quantitative estimate of drug-likeness (QED) is 0.672. The van der Waals surface area contributed by atoms with Crippen molar-refractivity contribution in [2.75, 3.05) is 7.05 Å². The number of fused-ring (bicyclic) bond motifs is 3. The largest absolute Gasteiger partial charge is 0.337 e. The molecule has 0 aromatic heterocycles. The van der Waals surface area contributed by atoms with E-state index in [0.29, 0.717) is 6.54 Å². The lowest BCUT2D eigenvalue weighted by Gasteiger charge is -2.14. The lowest BCUT2D eigenvalue weighted by Crippen LogP contribution is -2.24. The fourth-order valence-corrected chi connectivity index (χ4v) is 2.36. The van der Waals surface area contributed by atoms with Crippen LogP contribution in [-0.4, -0.2) is 17.9 Å². The third kappa shape index (κ3) is 1.53. The molecule has 3 rings (SSSR count). The van der Waals surface area contributed by atoms with E-state index in [9.17, 15) is 4.79 Å². The molecule has 1 amide bonds. The minimum absolute atomic E-state index is 0.0943. The molecule has 0 saturated carbocycles. The molecule has 2 aromatic carbocycles. The van der Waals surface area contributed by atoms with Gasteiger partial charge in [0.25, 0.3) is 5.91 Å². The maximum absolute atomic E-state index is 12.2. The van der Waals surface area contributed by atoms with Gasteiger partial charge >= 0.3 is 0 Å². The van der Waals surface area contributed by atoms with Gasteiger partial charge in [0, 0.05) is 19.2 Å².